The summed E-state index contributed by atoms with van der Waals surface area (Å²) in [6, 6.07) is 5.97. The van der Waals surface area contributed by atoms with Crippen LogP contribution in [0.1, 0.15) is 13.3 Å². The minimum absolute atomic E-state index is 0.288. The van der Waals surface area contributed by atoms with Crippen molar-refractivity contribution in [2.45, 2.75) is 19.4 Å². The lowest BCUT2D eigenvalue weighted by Gasteiger charge is -2.14. The Labute approximate surface area is 119 Å². The van der Waals surface area contributed by atoms with Gasteiger partial charge in [-0.15, -0.1) is 0 Å². The molecule has 1 aromatic carbocycles. The van der Waals surface area contributed by atoms with Crippen molar-refractivity contribution in [3.63, 3.8) is 0 Å². The van der Waals surface area contributed by atoms with E-state index >= 15 is 0 Å². The molecule has 1 atom stereocenters. The van der Waals surface area contributed by atoms with Crippen molar-refractivity contribution in [1.82, 2.24) is 10.3 Å². The van der Waals surface area contributed by atoms with Crippen LogP contribution < -0.4 is 10.1 Å². The van der Waals surface area contributed by atoms with Crippen LogP contribution in [0, 0.1) is 0 Å². The number of esters is 1. The van der Waals surface area contributed by atoms with Crippen molar-refractivity contribution >= 4 is 28.7 Å². The van der Waals surface area contributed by atoms with E-state index in [0.29, 0.717) is 5.39 Å². The number of hydrogen-bond donors (Lipinski definition) is 3. The van der Waals surface area contributed by atoms with E-state index < -0.39 is 30.3 Å². The number of amides is 1. The van der Waals surface area contributed by atoms with E-state index in [1.165, 1.54) is 13.1 Å². The average molecular weight is 290 g/mol. The fourth-order valence-electron chi connectivity index (χ4n) is 1.92. The lowest BCUT2D eigenvalue weighted by atomic mass is 10.2. The smallest absolute Gasteiger partial charge is 0.334 e. The highest BCUT2D eigenvalue weighted by molar-refractivity contribution is 5.92. The van der Waals surface area contributed by atoms with Crippen molar-refractivity contribution in [1.29, 1.82) is 0 Å². The molecule has 7 nitrogen and oxygen atoms in total. The van der Waals surface area contributed by atoms with E-state index in [4.69, 9.17) is 9.84 Å². The van der Waals surface area contributed by atoms with Crippen LogP contribution in [0.15, 0.2) is 30.5 Å². The van der Waals surface area contributed by atoms with Crippen LogP contribution in [0.3, 0.4) is 0 Å². The van der Waals surface area contributed by atoms with Gasteiger partial charge in [0.05, 0.1) is 6.42 Å². The molecule has 2 aromatic rings. The normalized spacial score (nSPS) is 11.9. The van der Waals surface area contributed by atoms with Gasteiger partial charge in [-0.25, -0.2) is 4.79 Å². The molecule has 3 N–H and O–H groups in total. The molecule has 7 heteroatoms. The Balaban J connectivity index is 2.17. The fraction of sp³-hybridized carbons (Fsp3) is 0.214. The summed E-state index contributed by atoms with van der Waals surface area (Å²) >= 11 is 0. The van der Waals surface area contributed by atoms with E-state index in [1.807, 2.05) is 12.1 Å². The number of carbonyl (C=O) groups excluding carboxylic acids is 2. The first kappa shape index (κ1) is 14.6. The predicted molar refractivity (Wildman–Crippen MR) is 73.8 cm³/mol. The molecule has 1 heterocycles. The second kappa shape index (κ2) is 6.08. The molecule has 110 valence electrons. The number of carboxylic acid groups (broad SMARTS) is 1. The van der Waals surface area contributed by atoms with Gasteiger partial charge < -0.3 is 20.1 Å². The summed E-state index contributed by atoms with van der Waals surface area (Å²) in [6.07, 6.45) is 0.967. The van der Waals surface area contributed by atoms with Gasteiger partial charge in [0.25, 0.3) is 0 Å². The number of ether oxygens (including phenoxy) is 1. The van der Waals surface area contributed by atoms with Crippen LogP contribution in [-0.4, -0.2) is 34.0 Å². The van der Waals surface area contributed by atoms with Crippen molar-refractivity contribution in [2.24, 2.45) is 0 Å². The topological polar surface area (TPSA) is 108 Å². The summed E-state index contributed by atoms with van der Waals surface area (Å²) in [7, 11) is 0. The molecule has 2 rings (SSSR count). The molecule has 0 saturated heterocycles. The number of aromatic nitrogens is 1. The number of H-pyrrole nitrogens is 1. The molecule has 0 aliphatic carbocycles. The Kier molecular flexibility index (Phi) is 4.22. The van der Waals surface area contributed by atoms with Crippen molar-refractivity contribution in [3.8, 4) is 5.75 Å². The number of rotatable bonds is 5. The number of benzene rings is 1. The molecule has 0 radical (unpaired) electrons. The van der Waals surface area contributed by atoms with Crippen molar-refractivity contribution in [3.05, 3.63) is 30.5 Å². The largest absolute Gasteiger partial charge is 0.481 e. The summed E-state index contributed by atoms with van der Waals surface area (Å²) < 4.78 is 5.18. The summed E-state index contributed by atoms with van der Waals surface area (Å²) in [6.45, 7) is 1.20. The zero-order chi connectivity index (χ0) is 15.4. The standard InChI is InChI=1S/C14H14N2O5/c1-8(17)16-11(6-13(18)19)14(20)21-12-7-15-10-5-3-2-4-9(10)12/h2-5,7,11,15H,6H2,1H3,(H,16,17)(H,18,19)/t11-/m0/s1. The molecule has 0 unspecified atom stereocenters. The maximum Gasteiger partial charge on any atom is 0.334 e. The quantitative estimate of drug-likeness (QED) is 0.713. The lowest BCUT2D eigenvalue weighted by Crippen LogP contribution is -2.43. The third-order valence-corrected chi connectivity index (χ3v) is 2.80. The van der Waals surface area contributed by atoms with Crippen LogP contribution in [0.4, 0.5) is 0 Å². The molecule has 1 aromatic heterocycles. The van der Waals surface area contributed by atoms with Crippen LogP contribution in [0.5, 0.6) is 5.75 Å². The molecular formula is C14H14N2O5. The fourth-order valence-corrected chi connectivity index (χ4v) is 1.92. The molecule has 0 saturated carbocycles. The number of nitrogens with one attached hydrogen (secondary N) is 2. The molecule has 0 aliphatic rings. The summed E-state index contributed by atoms with van der Waals surface area (Å²) in [5.41, 5.74) is 0.787. The summed E-state index contributed by atoms with van der Waals surface area (Å²) in [5, 5.41) is 11.7. The number of aromatic amines is 1. The maximum atomic E-state index is 12.0. The first-order valence-electron chi connectivity index (χ1n) is 6.24. The molecular weight excluding hydrogens is 276 g/mol. The summed E-state index contributed by atoms with van der Waals surface area (Å²) in [4.78, 5) is 36.7. The number of fused-ring (bicyclic) bond motifs is 1. The lowest BCUT2D eigenvalue weighted by molar-refractivity contribution is -0.145. The maximum absolute atomic E-state index is 12.0. The molecule has 21 heavy (non-hydrogen) atoms. The van der Waals surface area contributed by atoms with Gasteiger partial charge in [0, 0.05) is 24.0 Å². The van der Waals surface area contributed by atoms with E-state index in [2.05, 4.69) is 10.3 Å². The third kappa shape index (κ3) is 3.59. The van der Waals surface area contributed by atoms with Gasteiger partial charge in [-0.1, -0.05) is 12.1 Å². The third-order valence-electron chi connectivity index (χ3n) is 2.80. The molecule has 0 spiro atoms. The number of aliphatic carboxylic acids is 1. The minimum atomic E-state index is -1.23. The van der Waals surface area contributed by atoms with E-state index in [1.54, 1.807) is 12.1 Å². The van der Waals surface area contributed by atoms with Gasteiger partial charge in [-0.05, 0) is 12.1 Å². The first-order chi connectivity index (χ1) is 9.97. The van der Waals surface area contributed by atoms with Crippen LogP contribution >= 0.6 is 0 Å². The Bertz CT molecular complexity index is 675. The second-order valence-electron chi connectivity index (χ2n) is 4.47. The average Bonchev–Trinajstić information content (AvgIpc) is 2.80. The van der Waals surface area contributed by atoms with Gasteiger partial charge in [0.2, 0.25) is 5.91 Å². The van der Waals surface area contributed by atoms with Crippen molar-refractivity contribution in [2.75, 3.05) is 0 Å². The Morgan fingerprint density at radius 1 is 1.33 bits per heavy atom. The van der Waals surface area contributed by atoms with Gasteiger partial charge in [-0.3, -0.25) is 9.59 Å². The zero-order valence-electron chi connectivity index (χ0n) is 11.3. The van der Waals surface area contributed by atoms with Crippen molar-refractivity contribution < 1.29 is 24.2 Å². The Morgan fingerprint density at radius 3 is 2.71 bits per heavy atom. The highest BCUT2D eigenvalue weighted by atomic mass is 16.5. The number of para-hydroxylation sites is 1. The monoisotopic (exact) mass is 290 g/mol. The molecule has 0 bridgehead atoms. The Hall–Kier alpha value is -2.83. The van der Waals surface area contributed by atoms with Gasteiger partial charge in [-0.2, -0.15) is 0 Å². The molecule has 1 amide bonds. The van der Waals surface area contributed by atoms with Crippen LogP contribution in [0.25, 0.3) is 10.9 Å². The number of hydrogen-bond acceptors (Lipinski definition) is 4. The van der Waals surface area contributed by atoms with E-state index in [-0.39, 0.29) is 5.75 Å². The van der Waals surface area contributed by atoms with Gasteiger partial charge in [0.1, 0.15) is 6.04 Å². The Morgan fingerprint density at radius 2 is 2.05 bits per heavy atom. The molecule has 0 aliphatic heterocycles. The van der Waals surface area contributed by atoms with E-state index in [9.17, 15) is 14.4 Å². The highest BCUT2D eigenvalue weighted by Crippen LogP contribution is 2.25. The van der Waals surface area contributed by atoms with E-state index in [0.717, 1.165) is 5.52 Å². The number of carboxylic acids is 1. The number of carbonyl (C=O) groups is 3. The zero-order valence-corrected chi connectivity index (χ0v) is 11.3. The molecule has 0 fully saturated rings. The minimum Gasteiger partial charge on any atom is -0.481 e. The predicted octanol–water partition coefficient (Wildman–Crippen LogP) is 1.05. The van der Waals surface area contributed by atoms with Crippen LogP contribution in [0.2, 0.25) is 0 Å². The summed E-state index contributed by atoms with van der Waals surface area (Å²) in [5.74, 6) is -2.24. The second-order valence-corrected chi connectivity index (χ2v) is 4.47. The van der Waals surface area contributed by atoms with Gasteiger partial charge >= 0.3 is 11.9 Å². The SMILES string of the molecule is CC(=O)N[C@@H](CC(=O)O)C(=O)Oc1c[nH]c2ccccc12. The first-order valence-corrected chi connectivity index (χ1v) is 6.24. The van der Waals surface area contributed by atoms with Crippen LogP contribution in [-0.2, 0) is 14.4 Å². The van der Waals surface area contributed by atoms with Gasteiger partial charge in [0.15, 0.2) is 5.75 Å². The highest BCUT2D eigenvalue weighted by Gasteiger charge is 2.25.